The Hall–Kier alpha value is -1.73. The second kappa shape index (κ2) is 3.99. The van der Waals surface area contributed by atoms with Gasteiger partial charge < -0.3 is 5.32 Å². The molecule has 0 radical (unpaired) electrons. The topological polar surface area (TPSA) is 73.0 Å². The van der Waals surface area contributed by atoms with Crippen LogP contribution < -0.4 is 5.32 Å². The predicted molar refractivity (Wildman–Crippen MR) is 44.4 cm³/mol. The molecule has 0 amide bonds. The Morgan fingerprint density at radius 2 is 2.43 bits per heavy atom. The van der Waals surface area contributed by atoms with Crippen molar-refractivity contribution < 1.29 is 13.7 Å². The van der Waals surface area contributed by atoms with E-state index in [1.807, 2.05) is 0 Å². The molecule has 0 aliphatic carbocycles. The number of aryl methyl sites for hydroxylation is 1. The number of nitrogens with one attached hydrogen (secondary N) is 1. The second-order valence-electron chi connectivity index (χ2n) is 2.57. The standard InChI is InChI=1S/C6H8F2N4O2/c1-11-3-4(12(13)14)6(10-11)9-2-5(7)8/h3,5H,2H2,1H3,(H,9,10). The molecule has 14 heavy (non-hydrogen) atoms. The molecule has 1 rings (SSSR count). The van der Waals surface area contributed by atoms with Crippen LogP contribution in [0.4, 0.5) is 20.3 Å². The van der Waals surface area contributed by atoms with E-state index in [4.69, 9.17) is 0 Å². The lowest BCUT2D eigenvalue weighted by molar-refractivity contribution is -0.384. The fraction of sp³-hybridized carbons (Fsp3) is 0.500. The number of rotatable bonds is 4. The van der Waals surface area contributed by atoms with Crippen molar-refractivity contribution in [2.75, 3.05) is 11.9 Å². The summed E-state index contributed by atoms with van der Waals surface area (Å²) in [5, 5.41) is 16.2. The number of anilines is 1. The SMILES string of the molecule is Cn1cc([N+](=O)[O-])c(NCC(F)F)n1. The molecule has 1 aromatic heterocycles. The highest BCUT2D eigenvalue weighted by Crippen LogP contribution is 2.21. The van der Waals surface area contributed by atoms with Crippen LogP contribution in [0, 0.1) is 10.1 Å². The molecule has 0 atom stereocenters. The van der Waals surface area contributed by atoms with Gasteiger partial charge in [-0.25, -0.2) is 8.78 Å². The van der Waals surface area contributed by atoms with Crippen LogP contribution >= 0.6 is 0 Å². The van der Waals surface area contributed by atoms with Gasteiger partial charge in [-0.3, -0.25) is 14.8 Å². The molecule has 6 nitrogen and oxygen atoms in total. The third-order valence-corrected chi connectivity index (χ3v) is 1.43. The fourth-order valence-corrected chi connectivity index (χ4v) is 0.909. The highest BCUT2D eigenvalue weighted by molar-refractivity contribution is 5.54. The van der Waals surface area contributed by atoms with Crippen LogP contribution in [0.15, 0.2) is 6.20 Å². The third-order valence-electron chi connectivity index (χ3n) is 1.43. The van der Waals surface area contributed by atoms with Crippen LogP contribution in [0.2, 0.25) is 0 Å². The van der Waals surface area contributed by atoms with Gasteiger partial charge >= 0.3 is 5.69 Å². The smallest absolute Gasteiger partial charge is 0.330 e. The number of hydrogen-bond donors (Lipinski definition) is 1. The first-order valence-electron chi connectivity index (χ1n) is 3.70. The Bertz CT molecular complexity index is 339. The van der Waals surface area contributed by atoms with E-state index in [1.54, 1.807) is 0 Å². The Kier molecular flexibility index (Phi) is 2.95. The highest BCUT2D eigenvalue weighted by atomic mass is 19.3. The van der Waals surface area contributed by atoms with Crippen LogP contribution in [0.3, 0.4) is 0 Å². The van der Waals surface area contributed by atoms with E-state index in [9.17, 15) is 18.9 Å². The summed E-state index contributed by atoms with van der Waals surface area (Å²) in [5.74, 6) is -0.141. The molecule has 0 aliphatic rings. The molecular formula is C6H8F2N4O2. The minimum absolute atomic E-state index is 0.141. The van der Waals surface area contributed by atoms with Gasteiger partial charge in [0.2, 0.25) is 5.82 Å². The lowest BCUT2D eigenvalue weighted by Crippen LogP contribution is -2.11. The lowest BCUT2D eigenvalue weighted by atomic mass is 10.5. The van der Waals surface area contributed by atoms with Crippen LogP contribution in [-0.2, 0) is 7.05 Å². The summed E-state index contributed by atoms with van der Waals surface area (Å²) in [6.45, 7) is -0.655. The summed E-state index contributed by atoms with van der Waals surface area (Å²) in [6, 6.07) is 0. The molecular weight excluding hydrogens is 198 g/mol. The van der Waals surface area contributed by atoms with Crippen molar-refractivity contribution in [3.63, 3.8) is 0 Å². The molecule has 0 aliphatic heterocycles. The van der Waals surface area contributed by atoms with Crippen molar-refractivity contribution in [1.82, 2.24) is 9.78 Å². The zero-order valence-electron chi connectivity index (χ0n) is 7.28. The molecule has 1 aromatic rings. The summed E-state index contributed by atoms with van der Waals surface area (Å²) in [6.07, 6.45) is -1.43. The van der Waals surface area contributed by atoms with Crippen molar-refractivity contribution >= 4 is 11.5 Å². The van der Waals surface area contributed by atoms with Crippen molar-refractivity contribution in [3.05, 3.63) is 16.3 Å². The molecule has 0 fully saturated rings. The Morgan fingerprint density at radius 1 is 1.79 bits per heavy atom. The molecule has 0 spiro atoms. The Labute approximate surface area is 77.7 Å². The van der Waals surface area contributed by atoms with Gasteiger partial charge in [-0.15, -0.1) is 5.10 Å². The quantitative estimate of drug-likeness (QED) is 0.589. The lowest BCUT2D eigenvalue weighted by Gasteiger charge is -1.99. The van der Waals surface area contributed by atoms with E-state index in [0.29, 0.717) is 0 Å². The second-order valence-corrected chi connectivity index (χ2v) is 2.57. The summed E-state index contributed by atoms with van der Waals surface area (Å²) in [4.78, 5) is 9.72. The number of alkyl halides is 2. The van der Waals surface area contributed by atoms with Gasteiger partial charge in [-0.1, -0.05) is 0 Å². The van der Waals surface area contributed by atoms with Crippen LogP contribution in [0.5, 0.6) is 0 Å². The molecule has 8 heteroatoms. The van der Waals surface area contributed by atoms with Gasteiger partial charge in [0.1, 0.15) is 6.20 Å². The Morgan fingerprint density at radius 3 is 2.93 bits per heavy atom. The molecule has 0 saturated carbocycles. The van der Waals surface area contributed by atoms with E-state index in [-0.39, 0.29) is 11.5 Å². The Balaban J connectivity index is 2.79. The summed E-state index contributed by atoms with van der Waals surface area (Å²) in [7, 11) is 1.47. The third kappa shape index (κ3) is 2.38. The molecule has 0 bridgehead atoms. The zero-order chi connectivity index (χ0) is 10.7. The van der Waals surface area contributed by atoms with Crippen molar-refractivity contribution in [2.24, 2.45) is 7.05 Å². The van der Waals surface area contributed by atoms with E-state index in [0.717, 1.165) is 6.20 Å². The van der Waals surface area contributed by atoms with Gasteiger partial charge in [-0.05, 0) is 0 Å². The first-order chi connectivity index (χ1) is 6.50. The number of aromatic nitrogens is 2. The first kappa shape index (κ1) is 10.4. The number of nitro groups is 1. The van der Waals surface area contributed by atoms with Crippen LogP contribution in [0.1, 0.15) is 0 Å². The average molecular weight is 206 g/mol. The van der Waals surface area contributed by atoms with E-state index in [2.05, 4.69) is 10.4 Å². The molecule has 1 N–H and O–H groups in total. The molecule has 78 valence electrons. The van der Waals surface area contributed by atoms with Crippen molar-refractivity contribution in [1.29, 1.82) is 0 Å². The van der Waals surface area contributed by atoms with Crippen LogP contribution in [0.25, 0.3) is 0 Å². The van der Waals surface area contributed by atoms with Crippen LogP contribution in [-0.4, -0.2) is 27.7 Å². The highest BCUT2D eigenvalue weighted by Gasteiger charge is 2.18. The monoisotopic (exact) mass is 206 g/mol. The fourth-order valence-electron chi connectivity index (χ4n) is 0.909. The largest absolute Gasteiger partial charge is 0.357 e. The molecule has 0 saturated heterocycles. The molecule has 0 aromatic carbocycles. The zero-order valence-corrected chi connectivity index (χ0v) is 7.28. The van der Waals surface area contributed by atoms with Gasteiger partial charge in [0.25, 0.3) is 6.43 Å². The van der Waals surface area contributed by atoms with E-state index in [1.165, 1.54) is 11.7 Å². The van der Waals surface area contributed by atoms with Gasteiger partial charge in [-0.2, -0.15) is 0 Å². The van der Waals surface area contributed by atoms with Gasteiger partial charge in [0.05, 0.1) is 11.5 Å². The number of halogens is 2. The van der Waals surface area contributed by atoms with E-state index < -0.39 is 17.9 Å². The molecule has 0 unspecified atom stereocenters. The maximum atomic E-state index is 11.8. The minimum Gasteiger partial charge on any atom is -0.357 e. The van der Waals surface area contributed by atoms with Crippen molar-refractivity contribution in [3.8, 4) is 0 Å². The minimum atomic E-state index is -2.57. The molecule has 1 heterocycles. The average Bonchev–Trinajstić information content (AvgIpc) is 2.43. The summed E-state index contributed by atoms with van der Waals surface area (Å²) >= 11 is 0. The first-order valence-corrected chi connectivity index (χ1v) is 3.70. The summed E-state index contributed by atoms with van der Waals surface area (Å²) in [5.41, 5.74) is -0.312. The predicted octanol–water partition coefficient (Wildman–Crippen LogP) is 1.01. The van der Waals surface area contributed by atoms with Gasteiger partial charge in [0, 0.05) is 7.05 Å². The summed E-state index contributed by atoms with van der Waals surface area (Å²) < 4.78 is 24.8. The normalized spacial score (nSPS) is 10.6. The van der Waals surface area contributed by atoms with Crippen molar-refractivity contribution in [2.45, 2.75) is 6.43 Å². The number of hydrogen-bond acceptors (Lipinski definition) is 4. The maximum absolute atomic E-state index is 11.8. The van der Waals surface area contributed by atoms with Gasteiger partial charge in [0.15, 0.2) is 0 Å². The maximum Gasteiger partial charge on any atom is 0.330 e. The van der Waals surface area contributed by atoms with E-state index >= 15 is 0 Å². The number of nitrogens with zero attached hydrogens (tertiary/aromatic N) is 3.